The van der Waals surface area contributed by atoms with Gasteiger partial charge >= 0.3 is 53.6 Å². The Bertz CT molecular complexity index is 844. The van der Waals surface area contributed by atoms with E-state index in [-0.39, 0.29) is 5.57 Å². The van der Waals surface area contributed by atoms with Crippen LogP contribution in [0.25, 0.3) is 0 Å². The van der Waals surface area contributed by atoms with Crippen molar-refractivity contribution in [3.8, 4) is 0 Å². The molecule has 0 aliphatic heterocycles. The summed E-state index contributed by atoms with van der Waals surface area (Å²) in [4.78, 5) is 22.1. The number of amides is 1. The zero-order valence-electron chi connectivity index (χ0n) is 16.8. The Hall–Kier alpha value is -2.51. The third kappa shape index (κ3) is 4.88. The normalized spacial score (nSPS) is 14.9. The van der Waals surface area contributed by atoms with Crippen LogP contribution in [0.5, 0.6) is 0 Å². The molecule has 4 nitrogen and oxygen atoms in total. The molecular weight excluding hydrogens is 565 g/mol. The first-order chi connectivity index (χ1) is 15.5. The van der Waals surface area contributed by atoms with E-state index in [1.807, 2.05) is 0 Å². The van der Waals surface area contributed by atoms with E-state index in [1.54, 1.807) is 0 Å². The number of carbonyl (C=O) groups is 2. The highest BCUT2D eigenvalue weighted by atomic mass is 19.4. The molecule has 0 aromatic carbocycles. The molecule has 0 atom stereocenters. The third-order valence-corrected chi connectivity index (χ3v) is 4.05. The van der Waals surface area contributed by atoms with Crippen molar-refractivity contribution in [2.75, 3.05) is 13.2 Å². The Morgan fingerprint density at radius 3 is 1.36 bits per heavy atom. The van der Waals surface area contributed by atoms with Gasteiger partial charge in [-0.2, -0.15) is 70.2 Å². The van der Waals surface area contributed by atoms with Gasteiger partial charge in [-0.05, 0) is 6.92 Å². The van der Waals surface area contributed by atoms with Crippen LogP contribution in [-0.2, 0) is 14.3 Å². The average molecular weight is 575 g/mol. The highest BCUT2D eigenvalue weighted by Gasteiger charge is 2.97. The molecule has 0 aromatic rings. The molecule has 0 radical (unpaired) electrons. The van der Waals surface area contributed by atoms with E-state index in [4.69, 9.17) is 0 Å². The van der Waals surface area contributed by atoms with E-state index >= 15 is 0 Å². The molecular formula is C15H10F17NO3. The van der Waals surface area contributed by atoms with Gasteiger partial charge < -0.3 is 10.1 Å². The Labute approximate surface area is 187 Å². The number of carbonyl (C=O) groups excluding carboxylic acids is 2. The molecule has 1 amide bonds. The first-order valence-electron chi connectivity index (χ1n) is 8.32. The zero-order chi connectivity index (χ0) is 29.6. The number of esters is 1. The van der Waals surface area contributed by atoms with Crippen molar-refractivity contribution in [2.45, 2.75) is 54.6 Å². The van der Waals surface area contributed by atoms with E-state index in [1.165, 1.54) is 0 Å². The van der Waals surface area contributed by atoms with Gasteiger partial charge in [0.05, 0.1) is 6.54 Å². The highest BCUT2D eigenvalue weighted by molar-refractivity contribution is 5.87. The molecule has 0 saturated carbocycles. The van der Waals surface area contributed by atoms with Gasteiger partial charge in [0.15, 0.2) is 0 Å². The van der Waals surface area contributed by atoms with Crippen molar-refractivity contribution in [3.63, 3.8) is 0 Å². The van der Waals surface area contributed by atoms with Gasteiger partial charge in [-0.25, -0.2) is 9.18 Å². The second-order valence-electron chi connectivity index (χ2n) is 6.70. The molecule has 0 rings (SSSR count). The van der Waals surface area contributed by atoms with Crippen LogP contribution in [-0.4, -0.2) is 72.7 Å². The lowest BCUT2D eigenvalue weighted by molar-refractivity contribution is -0.463. The molecule has 0 aliphatic rings. The van der Waals surface area contributed by atoms with Crippen molar-refractivity contribution in [1.82, 2.24) is 5.32 Å². The highest BCUT2D eigenvalue weighted by Crippen LogP contribution is 2.65. The zero-order valence-corrected chi connectivity index (χ0v) is 16.8. The van der Waals surface area contributed by atoms with Gasteiger partial charge in [0.2, 0.25) is 0 Å². The monoisotopic (exact) mass is 575 g/mol. The maximum atomic E-state index is 13.6. The molecule has 0 bridgehead atoms. The number of ether oxygens (including phenoxy) is 1. The minimum Gasteiger partial charge on any atom is -0.460 e. The molecule has 0 spiro atoms. The standard InChI is InChI=1S/C15H10F17NO3/c1-5(2)6(34)36-4-3-33-7(35)8(16,17)10(19,20)12(23,24)13(25,26)11(21,22)9(18,14(27,28)29)15(30,31)32/h1,3-4H2,2H3,(H,33,35). The van der Waals surface area contributed by atoms with Crippen LogP contribution in [0.3, 0.4) is 0 Å². The summed E-state index contributed by atoms with van der Waals surface area (Å²) in [6, 6.07) is 0. The van der Waals surface area contributed by atoms with Gasteiger partial charge in [-0.3, -0.25) is 4.79 Å². The predicted octanol–water partition coefficient (Wildman–Crippen LogP) is 5.23. The van der Waals surface area contributed by atoms with Crippen molar-refractivity contribution in [3.05, 3.63) is 12.2 Å². The van der Waals surface area contributed by atoms with Crippen LogP contribution in [0.15, 0.2) is 12.2 Å². The second-order valence-corrected chi connectivity index (χ2v) is 6.70. The van der Waals surface area contributed by atoms with Crippen LogP contribution in [0.1, 0.15) is 6.92 Å². The SMILES string of the molecule is C=C(C)C(=O)OCCNC(=O)C(F)(F)C(F)(F)C(F)(F)C(F)(F)C(F)(F)C(F)(C(F)(F)F)C(F)(F)F. The maximum Gasteiger partial charge on any atom is 0.438 e. The second kappa shape index (κ2) is 9.42. The predicted molar refractivity (Wildman–Crippen MR) is 79.5 cm³/mol. The first kappa shape index (κ1) is 33.5. The van der Waals surface area contributed by atoms with Gasteiger partial charge in [0, 0.05) is 5.57 Å². The van der Waals surface area contributed by atoms with Gasteiger partial charge in [0.1, 0.15) is 6.61 Å². The van der Waals surface area contributed by atoms with E-state index in [9.17, 15) is 84.2 Å². The Morgan fingerprint density at radius 2 is 1.03 bits per heavy atom. The fraction of sp³-hybridized carbons (Fsp3) is 0.733. The van der Waals surface area contributed by atoms with Crippen LogP contribution in [0, 0.1) is 0 Å². The number of nitrogens with one attached hydrogen (secondary N) is 1. The van der Waals surface area contributed by atoms with E-state index in [2.05, 4.69) is 11.3 Å². The summed E-state index contributed by atoms with van der Waals surface area (Å²) in [6.45, 7) is 1.33. The molecule has 0 aliphatic carbocycles. The van der Waals surface area contributed by atoms with Gasteiger partial charge in [-0.1, -0.05) is 6.58 Å². The van der Waals surface area contributed by atoms with Crippen LogP contribution in [0.4, 0.5) is 74.6 Å². The Kier molecular flexibility index (Phi) is 8.76. The summed E-state index contributed by atoms with van der Waals surface area (Å²) in [5.41, 5.74) is -9.02. The van der Waals surface area contributed by atoms with Crippen molar-refractivity contribution in [2.24, 2.45) is 0 Å². The number of halogens is 17. The molecule has 212 valence electrons. The van der Waals surface area contributed by atoms with E-state index in [0.717, 1.165) is 6.92 Å². The van der Waals surface area contributed by atoms with Crippen molar-refractivity contribution in [1.29, 1.82) is 0 Å². The Morgan fingerprint density at radius 1 is 0.667 bits per heavy atom. The quantitative estimate of drug-likeness (QED) is 0.168. The minimum atomic E-state index is -8.91. The number of alkyl halides is 17. The van der Waals surface area contributed by atoms with Crippen molar-refractivity contribution >= 4 is 11.9 Å². The summed E-state index contributed by atoms with van der Waals surface area (Å²) < 4.78 is 227. The molecule has 0 saturated heterocycles. The fourth-order valence-electron chi connectivity index (χ4n) is 2.01. The van der Waals surface area contributed by atoms with Crippen LogP contribution >= 0.6 is 0 Å². The number of hydrogen-bond acceptors (Lipinski definition) is 3. The lowest BCUT2D eigenvalue weighted by Gasteiger charge is -2.43. The summed E-state index contributed by atoms with van der Waals surface area (Å²) >= 11 is 0. The molecule has 0 fully saturated rings. The lowest BCUT2D eigenvalue weighted by Crippen LogP contribution is -2.77. The Balaban J connectivity index is 6.39. The van der Waals surface area contributed by atoms with Crippen LogP contribution in [0.2, 0.25) is 0 Å². The maximum absolute atomic E-state index is 13.6. The van der Waals surface area contributed by atoms with Crippen LogP contribution < -0.4 is 5.32 Å². The minimum absolute atomic E-state index is 0.359. The molecule has 21 heteroatoms. The molecule has 0 heterocycles. The fourth-order valence-corrected chi connectivity index (χ4v) is 2.01. The summed E-state index contributed by atoms with van der Waals surface area (Å²) in [6.07, 6.45) is -16.5. The lowest BCUT2D eigenvalue weighted by atomic mass is 9.84. The summed E-state index contributed by atoms with van der Waals surface area (Å²) in [7, 11) is 0. The third-order valence-electron chi connectivity index (χ3n) is 4.05. The molecule has 0 aromatic heterocycles. The molecule has 0 unspecified atom stereocenters. The average Bonchev–Trinajstić information content (AvgIpc) is 2.67. The summed E-state index contributed by atoms with van der Waals surface area (Å²) in [5, 5.41) is 0.589. The largest absolute Gasteiger partial charge is 0.460 e. The van der Waals surface area contributed by atoms with Gasteiger partial charge in [0.25, 0.3) is 5.91 Å². The molecule has 36 heavy (non-hydrogen) atoms. The van der Waals surface area contributed by atoms with E-state index in [0.29, 0.717) is 5.32 Å². The first-order valence-corrected chi connectivity index (χ1v) is 8.32. The summed E-state index contributed by atoms with van der Waals surface area (Å²) in [5.74, 6) is -46.9. The topological polar surface area (TPSA) is 55.4 Å². The van der Waals surface area contributed by atoms with E-state index < -0.39 is 72.7 Å². The number of hydrogen-bond donors (Lipinski definition) is 1. The van der Waals surface area contributed by atoms with Gasteiger partial charge in [-0.15, -0.1) is 0 Å². The smallest absolute Gasteiger partial charge is 0.438 e. The van der Waals surface area contributed by atoms with Crippen molar-refractivity contribution < 1.29 is 89.0 Å². The molecule has 1 N–H and O–H groups in total. The number of rotatable bonds is 10.